The van der Waals surface area contributed by atoms with Crippen LogP contribution in [0.5, 0.6) is 17.2 Å². The number of aromatic hydroxyl groups is 1. The maximum atomic E-state index is 13.6. The van der Waals surface area contributed by atoms with Crippen LogP contribution in [0, 0.1) is 5.92 Å². The molecule has 2 aromatic carbocycles. The van der Waals surface area contributed by atoms with Crippen LogP contribution in [0.1, 0.15) is 12.1 Å². The van der Waals surface area contributed by atoms with E-state index in [1.165, 1.54) is 11.0 Å². The lowest BCUT2D eigenvalue weighted by atomic mass is 10.1. The quantitative estimate of drug-likeness (QED) is 0.668. The highest BCUT2D eigenvalue weighted by atomic mass is 16.7. The number of phenolic OH excluding ortho intramolecular Hbond substituents is 1. The van der Waals surface area contributed by atoms with E-state index in [0.717, 1.165) is 0 Å². The minimum Gasteiger partial charge on any atom is -0.506 e. The SMILES string of the molecule is O=C1CC(C(=O)N(Cc2ccccn2)c2ccccc2O)CN1c1ccc2c(c1)OCO2. The van der Waals surface area contributed by atoms with E-state index in [0.29, 0.717) is 28.6 Å². The summed E-state index contributed by atoms with van der Waals surface area (Å²) in [6, 6.07) is 17.4. The first-order chi connectivity index (χ1) is 15.6. The fourth-order valence-electron chi connectivity index (χ4n) is 4.02. The number of anilines is 2. The van der Waals surface area contributed by atoms with Gasteiger partial charge in [-0.15, -0.1) is 0 Å². The van der Waals surface area contributed by atoms with E-state index < -0.39 is 5.92 Å². The van der Waals surface area contributed by atoms with Crippen molar-refractivity contribution in [1.29, 1.82) is 0 Å². The number of pyridine rings is 1. The number of nitrogens with zero attached hydrogens (tertiary/aromatic N) is 3. The highest BCUT2D eigenvalue weighted by molar-refractivity contribution is 6.05. The van der Waals surface area contributed by atoms with Crippen LogP contribution in [-0.2, 0) is 16.1 Å². The molecule has 2 amide bonds. The van der Waals surface area contributed by atoms with E-state index in [1.807, 2.05) is 12.1 Å². The van der Waals surface area contributed by atoms with Crippen molar-refractivity contribution in [2.75, 3.05) is 23.1 Å². The Morgan fingerprint density at radius 3 is 2.72 bits per heavy atom. The molecule has 162 valence electrons. The summed E-state index contributed by atoms with van der Waals surface area (Å²) in [5.41, 5.74) is 1.73. The molecule has 1 atom stereocenters. The molecular formula is C24H21N3O5. The first-order valence-corrected chi connectivity index (χ1v) is 10.3. The maximum absolute atomic E-state index is 13.6. The molecule has 8 heteroatoms. The van der Waals surface area contributed by atoms with Crippen molar-refractivity contribution in [3.63, 3.8) is 0 Å². The Morgan fingerprint density at radius 1 is 1.09 bits per heavy atom. The van der Waals surface area contributed by atoms with Gasteiger partial charge in [-0.05, 0) is 36.4 Å². The molecule has 2 aliphatic rings. The summed E-state index contributed by atoms with van der Waals surface area (Å²) in [5.74, 6) is 0.265. The third-order valence-electron chi connectivity index (χ3n) is 5.63. The largest absolute Gasteiger partial charge is 0.506 e. The molecule has 1 unspecified atom stereocenters. The summed E-state index contributed by atoms with van der Waals surface area (Å²) in [4.78, 5) is 33.8. The topological polar surface area (TPSA) is 92.2 Å². The molecule has 0 radical (unpaired) electrons. The molecule has 0 saturated carbocycles. The van der Waals surface area contributed by atoms with E-state index in [4.69, 9.17) is 9.47 Å². The summed E-state index contributed by atoms with van der Waals surface area (Å²) in [5, 5.41) is 10.4. The number of phenols is 1. The average Bonchev–Trinajstić information content (AvgIpc) is 3.44. The lowest BCUT2D eigenvalue weighted by Gasteiger charge is -2.26. The highest BCUT2D eigenvalue weighted by Gasteiger charge is 2.38. The first-order valence-electron chi connectivity index (χ1n) is 10.3. The summed E-state index contributed by atoms with van der Waals surface area (Å²) in [6.45, 7) is 0.576. The van der Waals surface area contributed by atoms with Gasteiger partial charge in [0, 0.05) is 30.9 Å². The molecule has 0 aliphatic carbocycles. The number of benzene rings is 2. The third kappa shape index (κ3) is 3.71. The van der Waals surface area contributed by atoms with Crippen LogP contribution < -0.4 is 19.3 Å². The molecular weight excluding hydrogens is 410 g/mol. The summed E-state index contributed by atoms with van der Waals surface area (Å²) in [7, 11) is 0. The molecule has 0 spiro atoms. The second kappa shape index (κ2) is 8.22. The minimum absolute atomic E-state index is 0.00580. The lowest BCUT2D eigenvalue weighted by Crippen LogP contribution is -2.37. The summed E-state index contributed by atoms with van der Waals surface area (Å²) in [6.07, 6.45) is 1.74. The van der Waals surface area contributed by atoms with Crippen molar-refractivity contribution in [3.05, 3.63) is 72.6 Å². The molecule has 3 aromatic rings. The van der Waals surface area contributed by atoms with Gasteiger partial charge in [0.2, 0.25) is 18.6 Å². The van der Waals surface area contributed by atoms with Crippen LogP contribution in [0.2, 0.25) is 0 Å². The van der Waals surface area contributed by atoms with Gasteiger partial charge in [-0.2, -0.15) is 0 Å². The van der Waals surface area contributed by atoms with Crippen LogP contribution >= 0.6 is 0 Å². The van der Waals surface area contributed by atoms with Gasteiger partial charge in [-0.25, -0.2) is 0 Å². The molecule has 2 aliphatic heterocycles. The second-order valence-electron chi connectivity index (χ2n) is 7.68. The zero-order valence-corrected chi connectivity index (χ0v) is 17.2. The van der Waals surface area contributed by atoms with Crippen molar-refractivity contribution in [2.24, 2.45) is 5.92 Å². The van der Waals surface area contributed by atoms with Crippen LogP contribution in [0.3, 0.4) is 0 Å². The molecule has 5 rings (SSSR count). The van der Waals surface area contributed by atoms with Gasteiger partial charge >= 0.3 is 0 Å². The fraction of sp³-hybridized carbons (Fsp3) is 0.208. The molecule has 1 aromatic heterocycles. The van der Waals surface area contributed by atoms with Crippen molar-refractivity contribution in [1.82, 2.24) is 4.98 Å². The van der Waals surface area contributed by atoms with Gasteiger partial charge in [-0.3, -0.25) is 14.6 Å². The molecule has 0 bridgehead atoms. The van der Waals surface area contributed by atoms with Gasteiger partial charge in [0.05, 0.1) is 23.8 Å². The maximum Gasteiger partial charge on any atom is 0.232 e. The predicted molar refractivity (Wildman–Crippen MR) is 117 cm³/mol. The van der Waals surface area contributed by atoms with Crippen molar-refractivity contribution in [2.45, 2.75) is 13.0 Å². The standard InChI is InChI=1S/C24H21N3O5/c28-20-7-2-1-6-19(20)27(14-17-5-3-4-10-25-17)24(30)16-11-23(29)26(13-16)18-8-9-21-22(12-18)32-15-31-21/h1-10,12,16,28H,11,13-15H2. The normalized spacial score (nSPS) is 16.9. The number of fused-ring (bicyclic) bond motifs is 1. The number of ether oxygens (including phenoxy) is 2. The Hall–Kier alpha value is -4.07. The molecule has 8 nitrogen and oxygen atoms in total. The average molecular weight is 431 g/mol. The summed E-state index contributed by atoms with van der Waals surface area (Å²) >= 11 is 0. The van der Waals surface area contributed by atoms with Crippen LogP contribution in [-0.4, -0.2) is 35.2 Å². The van der Waals surface area contributed by atoms with Crippen molar-refractivity contribution >= 4 is 23.2 Å². The van der Waals surface area contributed by atoms with Crippen molar-refractivity contribution < 1.29 is 24.2 Å². The van der Waals surface area contributed by atoms with Gasteiger partial charge in [0.25, 0.3) is 0 Å². The van der Waals surface area contributed by atoms with Crippen molar-refractivity contribution in [3.8, 4) is 17.2 Å². The van der Waals surface area contributed by atoms with Crippen LogP contribution in [0.25, 0.3) is 0 Å². The Bertz CT molecular complexity index is 1170. The highest BCUT2D eigenvalue weighted by Crippen LogP contribution is 2.38. The van der Waals surface area contributed by atoms with Gasteiger partial charge in [0.15, 0.2) is 11.5 Å². The molecule has 3 heterocycles. The number of rotatable bonds is 5. The molecule has 32 heavy (non-hydrogen) atoms. The van der Waals surface area contributed by atoms with E-state index in [2.05, 4.69) is 4.98 Å². The number of carbonyl (C=O) groups excluding carboxylic acids is 2. The van der Waals surface area contributed by atoms with Gasteiger partial charge in [-0.1, -0.05) is 18.2 Å². The van der Waals surface area contributed by atoms with Gasteiger partial charge < -0.3 is 24.4 Å². The second-order valence-corrected chi connectivity index (χ2v) is 7.68. The van der Waals surface area contributed by atoms with Crippen LogP contribution in [0.4, 0.5) is 11.4 Å². The molecule has 1 saturated heterocycles. The minimum atomic E-state index is -0.559. The van der Waals surface area contributed by atoms with E-state index in [1.54, 1.807) is 53.6 Å². The lowest BCUT2D eigenvalue weighted by molar-refractivity contribution is -0.124. The number of aromatic nitrogens is 1. The van der Waals surface area contributed by atoms with E-state index in [-0.39, 0.29) is 43.9 Å². The van der Waals surface area contributed by atoms with E-state index >= 15 is 0 Å². The number of hydrogen-bond acceptors (Lipinski definition) is 6. The van der Waals surface area contributed by atoms with Crippen LogP contribution in [0.15, 0.2) is 66.9 Å². The molecule has 1 N–H and O–H groups in total. The van der Waals surface area contributed by atoms with E-state index in [9.17, 15) is 14.7 Å². The zero-order valence-electron chi connectivity index (χ0n) is 17.2. The zero-order chi connectivity index (χ0) is 22.1. The third-order valence-corrected chi connectivity index (χ3v) is 5.63. The predicted octanol–water partition coefficient (Wildman–Crippen LogP) is 3.10. The Balaban J connectivity index is 1.41. The summed E-state index contributed by atoms with van der Waals surface area (Å²) < 4.78 is 10.7. The molecule has 1 fully saturated rings. The smallest absolute Gasteiger partial charge is 0.232 e. The van der Waals surface area contributed by atoms with Gasteiger partial charge in [0.1, 0.15) is 5.75 Å². The number of para-hydroxylation sites is 2. The fourth-order valence-corrected chi connectivity index (χ4v) is 4.02. The Morgan fingerprint density at radius 2 is 1.91 bits per heavy atom. The number of amides is 2. The number of hydrogen-bond donors (Lipinski definition) is 1. The Labute approximate surface area is 184 Å². The number of carbonyl (C=O) groups is 2. The first kappa shape index (κ1) is 19.9. The Kier molecular flexibility index (Phi) is 5.10. The monoisotopic (exact) mass is 431 g/mol.